The van der Waals surface area contributed by atoms with Gasteiger partial charge in [-0.15, -0.1) is 0 Å². The molecule has 8 nitrogen and oxygen atoms in total. The second kappa shape index (κ2) is 9.87. The molecule has 0 aliphatic carbocycles. The van der Waals surface area contributed by atoms with E-state index in [0.29, 0.717) is 24.6 Å². The van der Waals surface area contributed by atoms with Gasteiger partial charge < -0.3 is 9.47 Å². The van der Waals surface area contributed by atoms with Crippen LogP contribution in [0.4, 0.5) is 0 Å². The van der Waals surface area contributed by atoms with Crippen LogP contribution in [0.2, 0.25) is 0 Å². The zero-order valence-electron chi connectivity index (χ0n) is 15.7. The topological polar surface area (TPSA) is 111 Å². The van der Waals surface area contributed by atoms with Crippen LogP contribution >= 0.6 is 0 Å². The molecule has 0 amide bonds. The van der Waals surface area contributed by atoms with Gasteiger partial charge in [0, 0.05) is 13.1 Å². The van der Waals surface area contributed by atoms with Crippen molar-refractivity contribution in [1.29, 1.82) is 0 Å². The van der Waals surface area contributed by atoms with Gasteiger partial charge in [-0.05, 0) is 48.5 Å². The Morgan fingerprint density at radius 1 is 0.643 bits per heavy atom. The van der Waals surface area contributed by atoms with Gasteiger partial charge in [0.15, 0.2) is 0 Å². The van der Waals surface area contributed by atoms with E-state index in [1.807, 2.05) is 0 Å². The molecule has 0 aromatic heterocycles. The number of benzene rings is 2. The van der Waals surface area contributed by atoms with Crippen LogP contribution in [0.25, 0.3) is 0 Å². The minimum absolute atomic E-state index is 0.172. The van der Waals surface area contributed by atoms with Crippen LogP contribution in [0.3, 0.4) is 0 Å². The fraction of sp³-hybridized carbons (Fsp3) is 0.333. The Kier molecular flexibility index (Phi) is 7.81. The van der Waals surface area contributed by atoms with E-state index in [-0.39, 0.29) is 23.0 Å². The minimum Gasteiger partial charge on any atom is -0.490 e. The standard InChI is InChI=1S/C18H24N2O6S2/c1-3-19-27(21,22)17-9-5-15(6-10-17)25-13-14-26-16-7-11-18(12-8-16)28(23,24)20-4-2/h5-12,19-20H,3-4,13-14H2,1-2H3. The summed E-state index contributed by atoms with van der Waals surface area (Å²) in [6.45, 7) is 4.56. The Morgan fingerprint density at radius 2 is 0.964 bits per heavy atom. The number of rotatable bonds is 11. The van der Waals surface area contributed by atoms with Gasteiger partial charge in [-0.2, -0.15) is 0 Å². The number of hydrogen-bond acceptors (Lipinski definition) is 6. The molecular weight excluding hydrogens is 404 g/mol. The lowest BCUT2D eigenvalue weighted by molar-refractivity contribution is 0.217. The molecule has 0 fully saturated rings. The number of hydrogen-bond donors (Lipinski definition) is 2. The Morgan fingerprint density at radius 3 is 1.25 bits per heavy atom. The third-order valence-corrected chi connectivity index (χ3v) is 6.68. The molecule has 0 saturated heterocycles. The smallest absolute Gasteiger partial charge is 0.240 e. The first kappa shape index (κ1) is 22.2. The summed E-state index contributed by atoms with van der Waals surface area (Å²) >= 11 is 0. The molecule has 2 N–H and O–H groups in total. The van der Waals surface area contributed by atoms with E-state index in [1.54, 1.807) is 38.1 Å². The normalized spacial score (nSPS) is 11.9. The summed E-state index contributed by atoms with van der Waals surface area (Å²) < 4.78 is 63.4. The predicted molar refractivity (Wildman–Crippen MR) is 106 cm³/mol. The molecular formula is C18H24N2O6S2. The maximum absolute atomic E-state index is 11.9. The lowest BCUT2D eigenvalue weighted by Crippen LogP contribution is -2.23. The van der Waals surface area contributed by atoms with Crippen molar-refractivity contribution in [1.82, 2.24) is 9.44 Å². The number of nitrogens with one attached hydrogen (secondary N) is 2. The van der Waals surface area contributed by atoms with Crippen LogP contribution in [-0.4, -0.2) is 43.1 Å². The van der Waals surface area contributed by atoms with E-state index in [4.69, 9.17) is 9.47 Å². The van der Waals surface area contributed by atoms with Crippen LogP contribution in [0.5, 0.6) is 11.5 Å². The largest absolute Gasteiger partial charge is 0.490 e. The van der Waals surface area contributed by atoms with Crippen molar-refractivity contribution in [2.45, 2.75) is 23.6 Å². The van der Waals surface area contributed by atoms with Crippen molar-refractivity contribution in [3.05, 3.63) is 48.5 Å². The molecule has 0 radical (unpaired) electrons. The highest BCUT2D eigenvalue weighted by atomic mass is 32.2. The zero-order valence-corrected chi connectivity index (χ0v) is 17.3. The van der Waals surface area contributed by atoms with E-state index in [1.165, 1.54) is 24.3 Å². The Balaban J connectivity index is 1.83. The van der Waals surface area contributed by atoms with Gasteiger partial charge in [0.1, 0.15) is 24.7 Å². The molecule has 0 spiro atoms. The first-order chi connectivity index (χ1) is 13.3. The first-order valence-corrected chi connectivity index (χ1v) is 11.7. The van der Waals surface area contributed by atoms with E-state index < -0.39 is 20.0 Å². The molecule has 0 unspecified atom stereocenters. The Hall–Kier alpha value is -2.14. The Labute approximate surface area is 166 Å². The summed E-state index contributed by atoms with van der Waals surface area (Å²) in [5.41, 5.74) is 0. The molecule has 154 valence electrons. The maximum Gasteiger partial charge on any atom is 0.240 e. The average molecular weight is 429 g/mol. The van der Waals surface area contributed by atoms with Crippen molar-refractivity contribution in [3.8, 4) is 11.5 Å². The third kappa shape index (κ3) is 6.20. The third-order valence-electron chi connectivity index (χ3n) is 3.56. The highest BCUT2D eigenvalue weighted by Crippen LogP contribution is 2.17. The minimum atomic E-state index is -3.48. The lowest BCUT2D eigenvalue weighted by Gasteiger charge is -2.10. The van der Waals surface area contributed by atoms with Crippen LogP contribution in [0, 0.1) is 0 Å². The molecule has 28 heavy (non-hydrogen) atoms. The predicted octanol–water partition coefficient (Wildman–Crippen LogP) is 1.74. The van der Waals surface area contributed by atoms with Gasteiger partial charge in [0.2, 0.25) is 20.0 Å². The SMILES string of the molecule is CCNS(=O)(=O)c1ccc(OCCOc2ccc(S(=O)(=O)NCC)cc2)cc1. The fourth-order valence-electron chi connectivity index (χ4n) is 2.30. The summed E-state index contributed by atoms with van der Waals surface area (Å²) in [7, 11) is -6.97. The quantitative estimate of drug-likeness (QED) is 0.528. The molecule has 10 heteroatoms. The summed E-state index contributed by atoms with van der Waals surface area (Å²) in [4.78, 5) is 0.344. The van der Waals surface area contributed by atoms with Crippen LogP contribution in [0.1, 0.15) is 13.8 Å². The van der Waals surface area contributed by atoms with Gasteiger partial charge in [-0.3, -0.25) is 0 Å². The second-order valence-corrected chi connectivity index (χ2v) is 9.18. The van der Waals surface area contributed by atoms with Crippen LogP contribution in [0.15, 0.2) is 58.3 Å². The molecule has 2 aromatic rings. The van der Waals surface area contributed by atoms with Gasteiger partial charge in [-0.25, -0.2) is 26.3 Å². The van der Waals surface area contributed by atoms with E-state index >= 15 is 0 Å². The van der Waals surface area contributed by atoms with Crippen molar-refractivity contribution in [2.24, 2.45) is 0 Å². The molecule has 2 rings (SSSR count). The van der Waals surface area contributed by atoms with Crippen molar-refractivity contribution < 1.29 is 26.3 Å². The second-order valence-electron chi connectivity index (χ2n) is 5.64. The summed E-state index contributed by atoms with van der Waals surface area (Å²) in [5.74, 6) is 1.04. The van der Waals surface area contributed by atoms with Crippen LogP contribution in [-0.2, 0) is 20.0 Å². The summed E-state index contributed by atoms with van der Waals surface area (Å²) in [6.07, 6.45) is 0. The lowest BCUT2D eigenvalue weighted by atomic mass is 10.3. The Bertz CT molecular complexity index is 875. The molecule has 0 bridgehead atoms. The van der Waals surface area contributed by atoms with Crippen LogP contribution < -0.4 is 18.9 Å². The summed E-state index contributed by atoms with van der Waals surface area (Å²) in [5, 5.41) is 0. The zero-order chi connectivity index (χ0) is 20.6. The number of sulfonamides is 2. The van der Waals surface area contributed by atoms with Crippen molar-refractivity contribution in [3.63, 3.8) is 0 Å². The van der Waals surface area contributed by atoms with Gasteiger partial charge in [0.25, 0.3) is 0 Å². The molecule has 2 aromatic carbocycles. The fourth-order valence-corrected chi connectivity index (χ4v) is 4.38. The molecule has 0 aliphatic rings. The maximum atomic E-state index is 11.9. The van der Waals surface area contributed by atoms with E-state index in [9.17, 15) is 16.8 Å². The van der Waals surface area contributed by atoms with Gasteiger partial charge in [0.05, 0.1) is 9.79 Å². The summed E-state index contributed by atoms with van der Waals surface area (Å²) in [6, 6.07) is 12.2. The average Bonchev–Trinajstić information content (AvgIpc) is 2.66. The first-order valence-electron chi connectivity index (χ1n) is 8.73. The van der Waals surface area contributed by atoms with Gasteiger partial charge >= 0.3 is 0 Å². The molecule has 0 saturated carbocycles. The van der Waals surface area contributed by atoms with Crippen molar-refractivity contribution in [2.75, 3.05) is 26.3 Å². The number of ether oxygens (including phenoxy) is 2. The highest BCUT2D eigenvalue weighted by molar-refractivity contribution is 7.89. The van der Waals surface area contributed by atoms with E-state index in [2.05, 4.69) is 9.44 Å². The highest BCUT2D eigenvalue weighted by Gasteiger charge is 2.13. The molecule has 0 heterocycles. The van der Waals surface area contributed by atoms with Gasteiger partial charge in [-0.1, -0.05) is 13.8 Å². The van der Waals surface area contributed by atoms with E-state index in [0.717, 1.165) is 0 Å². The monoisotopic (exact) mass is 428 g/mol. The molecule has 0 atom stereocenters. The van der Waals surface area contributed by atoms with Crippen molar-refractivity contribution >= 4 is 20.0 Å². The molecule has 0 aliphatic heterocycles.